The highest BCUT2D eigenvalue weighted by Crippen LogP contribution is 2.50. The van der Waals surface area contributed by atoms with Gasteiger partial charge in [-0.3, -0.25) is 14.7 Å². The number of ether oxygens (including phenoxy) is 1. The van der Waals surface area contributed by atoms with Gasteiger partial charge in [-0.05, 0) is 32.4 Å². The van der Waals surface area contributed by atoms with E-state index in [1.807, 2.05) is 6.92 Å². The summed E-state index contributed by atoms with van der Waals surface area (Å²) >= 11 is 5.66. The average Bonchev–Trinajstić information content (AvgIpc) is 3.02. The Morgan fingerprint density at radius 2 is 2.17 bits per heavy atom. The van der Waals surface area contributed by atoms with Gasteiger partial charge in [0.25, 0.3) is 7.52 Å². The van der Waals surface area contributed by atoms with E-state index in [-0.39, 0.29) is 24.6 Å². The Balaban J connectivity index is 2.68. The zero-order chi connectivity index (χ0) is 18.0. The predicted octanol–water partition coefficient (Wildman–Crippen LogP) is 4.23. The molecule has 138 valence electrons. The second-order valence-corrected chi connectivity index (χ2v) is 8.07. The first-order valence-electron chi connectivity index (χ1n) is 7.75. The van der Waals surface area contributed by atoms with Crippen LogP contribution in [0.15, 0.2) is 16.5 Å². The SMILES string of the molecule is CCCOCP(=O)(OCc1ccc([N+](=O)[O-])o1)N(C)CCCCCl. The van der Waals surface area contributed by atoms with Crippen LogP contribution in [0.25, 0.3) is 0 Å². The number of nitro groups is 1. The zero-order valence-corrected chi connectivity index (χ0v) is 15.6. The van der Waals surface area contributed by atoms with Gasteiger partial charge in [0.15, 0.2) is 0 Å². The van der Waals surface area contributed by atoms with Crippen molar-refractivity contribution in [2.75, 3.05) is 32.4 Å². The van der Waals surface area contributed by atoms with Gasteiger partial charge in [0.05, 0.1) is 6.07 Å². The fourth-order valence-corrected chi connectivity index (χ4v) is 3.65. The molecule has 10 heteroatoms. The third kappa shape index (κ3) is 6.91. The Bertz CT molecular complexity index is 553. The molecule has 1 atom stereocenters. The number of hydrogen-bond acceptors (Lipinski definition) is 6. The molecule has 0 fully saturated rings. The van der Waals surface area contributed by atoms with Crippen LogP contribution in [0.3, 0.4) is 0 Å². The lowest BCUT2D eigenvalue weighted by Gasteiger charge is -2.27. The molecule has 0 aliphatic heterocycles. The lowest BCUT2D eigenvalue weighted by atomic mass is 10.3. The van der Waals surface area contributed by atoms with Crippen LogP contribution in [-0.2, 0) is 20.4 Å². The molecule has 0 aliphatic carbocycles. The minimum atomic E-state index is -3.22. The quantitative estimate of drug-likeness (QED) is 0.165. The highest BCUT2D eigenvalue weighted by atomic mass is 35.5. The van der Waals surface area contributed by atoms with E-state index in [9.17, 15) is 14.7 Å². The van der Waals surface area contributed by atoms with Gasteiger partial charge < -0.3 is 13.7 Å². The van der Waals surface area contributed by atoms with Gasteiger partial charge >= 0.3 is 5.88 Å². The van der Waals surface area contributed by atoms with Crippen molar-refractivity contribution in [2.24, 2.45) is 0 Å². The number of furan rings is 1. The van der Waals surface area contributed by atoms with Crippen molar-refractivity contribution in [3.63, 3.8) is 0 Å². The topological polar surface area (TPSA) is 95.0 Å². The van der Waals surface area contributed by atoms with E-state index in [0.717, 1.165) is 19.3 Å². The van der Waals surface area contributed by atoms with Gasteiger partial charge in [0.2, 0.25) is 0 Å². The fraction of sp³-hybridized carbons (Fsp3) is 0.714. The summed E-state index contributed by atoms with van der Waals surface area (Å²) in [5.41, 5.74) is 0. The van der Waals surface area contributed by atoms with Crippen molar-refractivity contribution < 1.29 is 23.2 Å². The molecule has 0 saturated heterocycles. The molecule has 8 nitrogen and oxygen atoms in total. The van der Waals surface area contributed by atoms with Crippen molar-refractivity contribution in [1.82, 2.24) is 4.67 Å². The highest BCUT2D eigenvalue weighted by Gasteiger charge is 2.30. The van der Waals surface area contributed by atoms with E-state index < -0.39 is 12.4 Å². The second-order valence-electron chi connectivity index (χ2n) is 5.22. The van der Waals surface area contributed by atoms with Gasteiger partial charge in [0.1, 0.15) is 23.6 Å². The fourth-order valence-electron chi connectivity index (χ4n) is 1.85. The summed E-state index contributed by atoms with van der Waals surface area (Å²) in [7, 11) is -1.52. The standard InChI is InChI=1S/C14H24ClN2O6P/c1-3-10-21-12-24(20,16(2)9-5-4-8-15)22-11-13-6-7-14(23-13)17(18)19/h6-7H,3-5,8-12H2,1-2H3. The van der Waals surface area contributed by atoms with E-state index in [4.69, 9.17) is 25.3 Å². The molecule has 0 spiro atoms. The van der Waals surface area contributed by atoms with E-state index >= 15 is 0 Å². The maximum atomic E-state index is 13.1. The van der Waals surface area contributed by atoms with Crippen molar-refractivity contribution >= 4 is 25.0 Å². The van der Waals surface area contributed by atoms with E-state index in [0.29, 0.717) is 19.0 Å². The number of rotatable bonds is 13. The lowest BCUT2D eigenvalue weighted by Crippen LogP contribution is -2.21. The summed E-state index contributed by atoms with van der Waals surface area (Å²) in [5, 5.41) is 10.6. The Morgan fingerprint density at radius 1 is 1.42 bits per heavy atom. The monoisotopic (exact) mass is 382 g/mol. The minimum Gasteiger partial charge on any atom is -0.403 e. The van der Waals surface area contributed by atoms with Crippen molar-refractivity contribution in [2.45, 2.75) is 32.8 Å². The zero-order valence-electron chi connectivity index (χ0n) is 14.0. The number of alkyl halides is 1. The van der Waals surface area contributed by atoms with Gasteiger partial charge in [-0.25, -0.2) is 4.67 Å². The van der Waals surface area contributed by atoms with E-state index in [1.165, 1.54) is 12.1 Å². The lowest BCUT2D eigenvalue weighted by molar-refractivity contribution is -0.402. The molecule has 0 radical (unpaired) electrons. The van der Waals surface area contributed by atoms with Crippen LogP contribution in [0.5, 0.6) is 0 Å². The summed E-state index contributed by atoms with van der Waals surface area (Å²) in [6, 6.07) is 2.67. The largest absolute Gasteiger partial charge is 0.433 e. The summed E-state index contributed by atoms with van der Waals surface area (Å²) < 4.78 is 30.7. The molecule has 1 rings (SSSR count). The first kappa shape index (κ1) is 21.1. The van der Waals surface area contributed by atoms with Crippen LogP contribution in [0, 0.1) is 10.1 Å². The van der Waals surface area contributed by atoms with E-state index in [2.05, 4.69) is 0 Å². The summed E-state index contributed by atoms with van der Waals surface area (Å²) in [5.74, 6) is 0.411. The predicted molar refractivity (Wildman–Crippen MR) is 91.5 cm³/mol. The molecule has 0 aromatic carbocycles. The maximum Gasteiger partial charge on any atom is 0.433 e. The second kappa shape index (κ2) is 10.8. The van der Waals surface area contributed by atoms with Crippen LogP contribution in [0.1, 0.15) is 31.9 Å². The molecule has 0 aliphatic rings. The van der Waals surface area contributed by atoms with Crippen LogP contribution < -0.4 is 0 Å². The summed E-state index contributed by atoms with van der Waals surface area (Å²) in [6.07, 6.45) is 2.36. The van der Waals surface area contributed by atoms with Crippen LogP contribution in [-0.4, -0.2) is 42.0 Å². The maximum absolute atomic E-state index is 13.1. The third-order valence-corrected chi connectivity index (χ3v) is 5.77. The van der Waals surface area contributed by atoms with Gasteiger partial charge in [-0.2, -0.15) is 0 Å². The van der Waals surface area contributed by atoms with Gasteiger partial charge in [0, 0.05) is 19.0 Å². The molecule has 1 heterocycles. The van der Waals surface area contributed by atoms with Crippen LogP contribution in [0.4, 0.5) is 5.88 Å². The Hall–Kier alpha value is -0.920. The molecule has 0 amide bonds. The number of halogens is 1. The molecular weight excluding hydrogens is 359 g/mol. The normalized spacial score (nSPS) is 14.0. The van der Waals surface area contributed by atoms with Crippen molar-refractivity contribution in [3.8, 4) is 0 Å². The summed E-state index contributed by atoms with van der Waals surface area (Å²) in [6.45, 7) is 2.87. The first-order chi connectivity index (χ1) is 11.4. The molecule has 0 N–H and O–H groups in total. The Labute approximate surface area is 146 Å². The molecule has 1 aromatic rings. The smallest absolute Gasteiger partial charge is 0.403 e. The minimum absolute atomic E-state index is 0.0407. The van der Waals surface area contributed by atoms with Crippen LogP contribution >= 0.6 is 19.1 Å². The number of nitrogens with zero attached hydrogens (tertiary/aromatic N) is 2. The molecule has 24 heavy (non-hydrogen) atoms. The van der Waals surface area contributed by atoms with Gasteiger partial charge in [-0.15, -0.1) is 11.6 Å². The highest BCUT2D eigenvalue weighted by molar-refractivity contribution is 7.56. The van der Waals surface area contributed by atoms with Crippen molar-refractivity contribution in [1.29, 1.82) is 0 Å². The molecule has 1 unspecified atom stereocenters. The molecule has 0 saturated carbocycles. The third-order valence-electron chi connectivity index (χ3n) is 3.22. The molecular formula is C14H24ClN2O6P. The van der Waals surface area contributed by atoms with Gasteiger partial charge in [-0.1, -0.05) is 6.92 Å². The average molecular weight is 383 g/mol. The Kier molecular flexibility index (Phi) is 9.54. The molecule has 1 aromatic heterocycles. The number of hydrogen-bond donors (Lipinski definition) is 0. The van der Waals surface area contributed by atoms with Crippen molar-refractivity contribution in [3.05, 3.63) is 28.0 Å². The van der Waals surface area contributed by atoms with E-state index in [1.54, 1.807) is 11.7 Å². The Morgan fingerprint density at radius 3 is 2.75 bits per heavy atom. The first-order valence-corrected chi connectivity index (χ1v) is 10.0. The summed E-state index contributed by atoms with van der Waals surface area (Å²) in [4.78, 5) is 9.99. The van der Waals surface area contributed by atoms with Crippen LogP contribution in [0.2, 0.25) is 0 Å². The molecule has 0 bridgehead atoms. The number of unbranched alkanes of at least 4 members (excludes halogenated alkanes) is 1.